The van der Waals surface area contributed by atoms with E-state index in [0.29, 0.717) is 5.92 Å². The Labute approximate surface area is 136 Å². The second-order valence-electron chi connectivity index (χ2n) is 8.03. The molecule has 1 amide bonds. The number of carbonyl (C=O) groups excluding carboxylic acids is 1. The van der Waals surface area contributed by atoms with Crippen LogP contribution >= 0.6 is 0 Å². The van der Waals surface area contributed by atoms with E-state index >= 15 is 0 Å². The average molecular weight is 306 g/mol. The third kappa shape index (κ3) is 5.60. The van der Waals surface area contributed by atoms with Gasteiger partial charge in [-0.25, -0.2) is 0 Å². The molecule has 0 bridgehead atoms. The van der Waals surface area contributed by atoms with E-state index < -0.39 is 0 Å². The number of hydrogen-bond acceptors (Lipinski definition) is 2. The van der Waals surface area contributed by atoms with Gasteiger partial charge in [0.2, 0.25) is 5.91 Å². The lowest BCUT2D eigenvalue weighted by Gasteiger charge is -2.48. The van der Waals surface area contributed by atoms with Gasteiger partial charge in [-0.05, 0) is 52.4 Å². The van der Waals surface area contributed by atoms with Crippen molar-refractivity contribution in [2.24, 2.45) is 5.92 Å². The summed E-state index contributed by atoms with van der Waals surface area (Å²) in [5.41, 5.74) is 0.959. The molecule has 3 heteroatoms. The lowest BCUT2D eigenvalue weighted by molar-refractivity contribution is -0.119. The van der Waals surface area contributed by atoms with Gasteiger partial charge in [-0.2, -0.15) is 0 Å². The quantitative estimate of drug-likeness (QED) is 0.576. The molecule has 2 unspecified atom stereocenters. The van der Waals surface area contributed by atoms with Gasteiger partial charge in [-0.3, -0.25) is 4.79 Å². The maximum atomic E-state index is 12.6. The van der Waals surface area contributed by atoms with Gasteiger partial charge in [-0.1, -0.05) is 39.5 Å². The van der Waals surface area contributed by atoms with Crippen molar-refractivity contribution in [3.05, 3.63) is 24.3 Å². The van der Waals surface area contributed by atoms with Crippen LogP contribution in [0.1, 0.15) is 67.2 Å². The normalized spacial score (nSPS) is 28.5. The summed E-state index contributed by atoms with van der Waals surface area (Å²) in [5.74, 6) is 0.525. The summed E-state index contributed by atoms with van der Waals surface area (Å²) in [5, 5.41) is 6.99. The first-order valence-corrected chi connectivity index (χ1v) is 8.52. The fourth-order valence-electron chi connectivity index (χ4n) is 3.58. The fourth-order valence-corrected chi connectivity index (χ4v) is 3.58. The van der Waals surface area contributed by atoms with Crippen molar-refractivity contribution in [2.45, 2.75) is 84.3 Å². The van der Waals surface area contributed by atoms with E-state index in [0.717, 1.165) is 31.3 Å². The van der Waals surface area contributed by atoms with E-state index in [1.165, 1.54) is 0 Å². The highest BCUT2D eigenvalue weighted by molar-refractivity contribution is 5.93. The molecule has 1 aliphatic heterocycles. The molecule has 0 aliphatic carbocycles. The minimum absolute atomic E-state index is 0.0430. The Hall–Kier alpha value is -1.09. The van der Waals surface area contributed by atoms with Gasteiger partial charge in [0.05, 0.1) is 0 Å². The number of amides is 1. The van der Waals surface area contributed by atoms with Gasteiger partial charge in [-0.15, -0.1) is 0 Å². The molecule has 0 aromatic rings. The maximum absolute atomic E-state index is 12.6. The number of nitrogens with one attached hydrogen (secondary N) is 2. The molecule has 2 atom stereocenters. The summed E-state index contributed by atoms with van der Waals surface area (Å²) >= 11 is 0. The second-order valence-corrected chi connectivity index (χ2v) is 8.03. The predicted molar refractivity (Wildman–Crippen MR) is 94.8 cm³/mol. The largest absolute Gasteiger partial charge is 0.349 e. The monoisotopic (exact) mass is 306 g/mol. The second kappa shape index (κ2) is 7.45. The van der Waals surface area contributed by atoms with Crippen molar-refractivity contribution in [2.75, 3.05) is 0 Å². The van der Waals surface area contributed by atoms with Crippen LogP contribution in [0.4, 0.5) is 0 Å². The van der Waals surface area contributed by atoms with Crippen molar-refractivity contribution >= 4 is 5.91 Å². The summed E-state index contributed by atoms with van der Waals surface area (Å²) in [6.07, 6.45) is 7.33. The average Bonchev–Trinajstić information content (AvgIpc) is 2.35. The topological polar surface area (TPSA) is 41.1 Å². The van der Waals surface area contributed by atoms with Crippen LogP contribution in [-0.4, -0.2) is 23.0 Å². The first kappa shape index (κ1) is 19.0. The number of allylic oxidation sites excluding steroid dienone is 2. The Morgan fingerprint density at radius 3 is 2.50 bits per heavy atom. The van der Waals surface area contributed by atoms with E-state index in [9.17, 15) is 4.79 Å². The van der Waals surface area contributed by atoms with Crippen molar-refractivity contribution in [1.29, 1.82) is 0 Å². The van der Waals surface area contributed by atoms with Crippen molar-refractivity contribution in [1.82, 2.24) is 10.6 Å². The van der Waals surface area contributed by atoms with E-state index in [2.05, 4.69) is 58.8 Å². The molecule has 0 saturated carbocycles. The Kier molecular flexibility index (Phi) is 6.42. The first-order valence-electron chi connectivity index (χ1n) is 8.52. The summed E-state index contributed by atoms with van der Waals surface area (Å²) in [4.78, 5) is 12.6. The molecule has 0 aromatic carbocycles. The molecule has 2 N–H and O–H groups in total. The van der Waals surface area contributed by atoms with Gasteiger partial charge in [0, 0.05) is 22.7 Å². The van der Waals surface area contributed by atoms with Crippen molar-refractivity contribution < 1.29 is 4.79 Å². The molecular formula is C19H34N2O. The van der Waals surface area contributed by atoms with Crippen LogP contribution in [-0.2, 0) is 4.79 Å². The van der Waals surface area contributed by atoms with Crippen molar-refractivity contribution in [3.8, 4) is 0 Å². The summed E-state index contributed by atoms with van der Waals surface area (Å²) in [6, 6.07) is 0.217. The lowest BCUT2D eigenvalue weighted by Crippen LogP contribution is -2.63. The van der Waals surface area contributed by atoms with Gasteiger partial charge in [0.25, 0.3) is 0 Å². The van der Waals surface area contributed by atoms with E-state index in [-0.39, 0.29) is 23.0 Å². The molecule has 1 heterocycles. The highest BCUT2D eigenvalue weighted by Crippen LogP contribution is 2.31. The van der Waals surface area contributed by atoms with Crippen LogP contribution in [0.2, 0.25) is 0 Å². The third-order valence-electron chi connectivity index (χ3n) is 4.45. The summed E-state index contributed by atoms with van der Waals surface area (Å²) in [6.45, 7) is 16.9. The minimum Gasteiger partial charge on any atom is -0.349 e. The zero-order chi connectivity index (χ0) is 17.0. The molecule has 126 valence electrons. The molecule has 1 saturated heterocycles. The molecule has 1 rings (SSSR count). The van der Waals surface area contributed by atoms with E-state index in [4.69, 9.17) is 0 Å². The summed E-state index contributed by atoms with van der Waals surface area (Å²) in [7, 11) is 0. The van der Waals surface area contributed by atoms with Crippen LogP contribution in [0, 0.1) is 5.92 Å². The van der Waals surface area contributed by atoms with Crippen LogP contribution < -0.4 is 10.6 Å². The Balaban J connectivity index is 2.81. The Morgan fingerprint density at radius 2 is 2.00 bits per heavy atom. The van der Waals surface area contributed by atoms with Gasteiger partial charge in [0.1, 0.15) is 0 Å². The zero-order valence-electron chi connectivity index (χ0n) is 15.3. The van der Waals surface area contributed by atoms with Gasteiger partial charge < -0.3 is 10.6 Å². The third-order valence-corrected chi connectivity index (χ3v) is 4.45. The van der Waals surface area contributed by atoms with Crippen LogP contribution in [0.25, 0.3) is 0 Å². The molecule has 22 heavy (non-hydrogen) atoms. The Bertz CT molecular complexity index is 437. The highest BCUT2D eigenvalue weighted by atomic mass is 16.1. The number of carbonyl (C=O) groups is 1. The Morgan fingerprint density at radius 1 is 1.36 bits per heavy atom. The zero-order valence-corrected chi connectivity index (χ0v) is 15.3. The SMILES string of the molecule is C=C/C=C(\CC(C)C)C(=O)NC1CC(C)(C)NC(C)(CC)C1. The molecule has 1 aliphatic rings. The predicted octanol–water partition coefficient (Wildman–Crippen LogP) is 3.96. The molecule has 1 fully saturated rings. The maximum Gasteiger partial charge on any atom is 0.247 e. The standard InChI is InChI=1S/C19H34N2O/c1-8-10-15(11-14(3)4)17(22)20-16-12-18(5,6)21-19(7,9-2)13-16/h8,10,14,16,21H,1,9,11-13H2,2-7H3,(H,20,22)/b15-10+. The highest BCUT2D eigenvalue weighted by Gasteiger charge is 2.39. The summed E-state index contributed by atoms with van der Waals surface area (Å²) < 4.78 is 0. The van der Waals surface area contributed by atoms with Gasteiger partial charge >= 0.3 is 0 Å². The number of hydrogen-bond donors (Lipinski definition) is 2. The number of piperidine rings is 1. The first-order chi connectivity index (χ1) is 10.1. The molecule has 0 radical (unpaired) electrons. The smallest absolute Gasteiger partial charge is 0.247 e. The van der Waals surface area contributed by atoms with Crippen molar-refractivity contribution in [3.63, 3.8) is 0 Å². The fraction of sp³-hybridized carbons (Fsp3) is 0.737. The molecular weight excluding hydrogens is 272 g/mol. The lowest BCUT2D eigenvalue weighted by atomic mass is 9.77. The van der Waals surface area contributed by atoms with E-state index in [1.807, 2.05) is 6.08 Å². The molecule has 0 spiro atoms. The van der Waals surface area contributed by atoms with Crippen LogP contribution in [0.15, 0.2) is 24.3 Å². The van der Waals surface area contributed by atoms with Crippen LogP contribution in [0.3, 0.4) is 0 Å². The van der Waals surface area contributed by atoms with Gasteiger partial charge in [0.15, 0.2) is 0 Å². The molecule has 3 nitrogen and oxygen atoms in total. The minimum atomic E-state index is 0.0430. The molecule has 0 aromatic heterocycles. The number of rotatable bonds is 6. The van der Waals surface area contributed by atoms with E-state index in [1.54, 1.807) is 6.08 Å². The van der Waals surface area contributed by atoms with Crippen LogP contribution in [0.5, 0.6) is 0 Å².